The first kappa shape index (κ1) is 22.0. The topological polar surface area (TPSA) is 97.4 Å². The Balaban J connectivity index is 1.14. The largest absolute Gasteiger partial charge is 0.340 e. The second kappa shape index (κ2) is 9.56. The van der Waals surface area contributed by atoms with Crippen LogP contribution in [0.5, 0.6) is 0 Å². The Morgan fingerprint density at radius 1 is 1.03 bits per heavy atom. The molecule has 0 atom stereocenters. The van der Waals surface area contributed by atoms with Gasteiger partial charge in [-0.3, -0.25) is 19.2 Å². The fraction of sp³-hybridized carbons (Fsp3) is 0.320. The number of fused-ring (bicyclic) bond motifs is 1. The number of amides is 1. The summed E-state index contributed by atoms with van der Waals surface area (Å²) in [5.41, 5.74) is 2.71. The van der Waals surface area contributed by atoms with Crippen molar-refractivity contribution < 1.29 is 9.32 Å². The molecule has 1 saturated heterocycles. The first-order valence-electron chi connectivity index (χ1n) is 11.4. The maximum absolute atomic E-state index is 12.8. The molecule has 1 aliphatic rings. The average Bonchev–Trinajstić information content (AvgIpc) is 3.32. The molecular weight excluding hydrogens is 432 g/mol. The van der Waals surface area contributed by atoms with Crippen LogP contribution in [0.15, 0.2) is 64.0 Å². The molecule has 2 aromatic heterocycles. The van der Waals surface area contributed by atoms with Crippen molar-refractivity contribution in [1.82, 2.24) is 29.7 Å². The smallest absolute Gasteiger partial charge is 0.241 e. The molecule has 34 heavy (non-hydrogen) atoms. The average molecular weight is 459 g/mol. The molecule has 0 spiro atoms. The number of hydrogen-bond donors (Lipinski definition) is 0. The third-order valence-electron chi connectivity index (χ3n) is 6.24. The van der Waals surface area contributed by atoms with Gasteiger partial charge in [0.2, 0.25) is 23.1 Å². The molecule has 0 N–H and O–H groups in total. The van der Waals surface area contributed by atoms with Crippen molar-refractivity contribution in [2.24, 2.45) is 0 Å². The van der Waals surface area contributed by atoms with Crippen LogP contribution >= 0.6 is 0 Å². The highest BCUT2D eigenvalue weighted by atomic mass is 16.5. The zero-order valence-corrected chi connectivity index (χ0v) is 19.1. The summed E-state index contributed by atoms with van der Waals surface area (Å²) in [7, 11) is 0. The summed E-state index contributed by atoms with van der Waals surface area (Å²) in [6, 6.07) is 15.3. The SMILES string of the molecule is Cc1ccccc1-c1noc(CN2CCN(C(=O)CCn3ncc(=O)c4ccccc43)CC2)n1. The van der Waals surface area contributed by atoms with E-state index < -0.39 is 0 Å². The monoisotopic (exact) mass is 458 g/mol. The molecule has 1 amide bonds. The Morgan fingerprint density at radius 3 is 2.62 bits per heavy atom. The van der Waals surface area contributed by atoms with Gasteiger partial charge in [0, 0.05) is 43.5 Å². The van der Waals surface area contributed by atoms with Gasteiger partial charge in [-0.1, -0.05) is 41.6 Å². The van der Waals surface area contributed by atoms with E-state index in [1.807, 2.05) is 54.3 Å². The Kier molecular flexibility index (Phi) is 6.18. The van der Waals surface area contributed by atoms with Crippen molar-refractivity contribution in [3.63, 3.8) is 0 Å². The van der Waals surface area contributed by atoms with E-state index in [-0.39, 0.29) is 11.3 Å². The number of nitrogens with zero attached hydrogens (tertiary/aromatic N) is 6. The quantitative estimate of drug-likeness (QED) is 0.438. The molecular formula is C25H26N6O3. The molecule has 1 aliphatic heterocycles. The van der Waals surface area contributed by atoms with Crippen molar-refractivity contribution in [3.8, 4) is 11.4 Å². The van der Waals surface area contributed by atoms with Crippen LogP contribution < -0.4 is 5.43 Å². The van der Waals surface area contributed by atoms with Crippen molar-refractivity contribution in [2.45, 2.75) is 26.4 Å². The van der Waals surface area contributed by atoms with Gasteiger partial charge in [0.15, 0.2) is 0 Å². The Bertz CT molecular complexity index is 1370. The van der Waals surface area contributed by atoms with Crippen molar-refractivity contribution >= 4 is 16.8 Å². The molecule has 0 unspecified atom stereocenters. The van der Waals surface area contributed by atoms with E-state index in [1.165, 1.54) is 6.20 Å². The van der Waals surface area contributed by atoms with E-state index in [1.54, 1.807) is 10.7 Å². The fourth-order valence-corrected chi connectivity index (χ4v) is 4.30. The van der Waals surface area contributed by atoms with Crippen LogP contribution in [0.1, 0.15) is 17.9 Å². The van der Waals surface area contributed by atoms with Gasteiger partial charge in [0.05, 0.1) is 24.8 Å². The first-order valence-corrected chi connectivity index (χ1v) is 11.4. The second-order valence-corrected chi connectivity index (χ2v) is 8.48. The molecule has 3 heterocycles. The van der Waals surface area contributed by atoms with E-state index >= 15 is 0 Å². The van der Waals surface area contributed by atoms with Crippen molar-refractivity contribution in [3.05, 3.63) is 76.4 Å². The summed E-state index contributed by atoms with van der Waals surface area (Å²) in [5, 5.41) is 8.96. The highest BCUT2D eigenvalue weighted by molar-refractivity contribution is 5.79. The third-order valence-corrected chi connectivity index (χ3v) is 6.24. The lowest BCUT2D eigenvalue weighted by Crippen LogP contribution is -2.48. The number of piperazine rings is 1. The van der Waals surface area contributed by atoms with Gasteiger partial charge >= 0.3 is 0 Å². The molecule has 2 aromatic carbocycles. The van der Waals surface area contributed by atoms with Crippen LogP contribution in [-0.2, 0) is 17.9 Å². The predicted molar refractivity (Wildman–Crippen MR) is 127 cm³/mol. The molecule has 4 aromatic rings. The lowest BCUT2D eigenvalue weighted by molar-refractivity contribution is -0.133. The van der Waals surface area contributed by atoms with Gasteiger partial charge in [-0.15, -0.1) is 0 Å². The number of aromatic nitrogens is 4. The number of carbonyl (C=O) groups is 1. The molecule has 174 valence electrons. The maximum Gasteiger partial charge on any atom is 0.241 e. The first-order chi connectivity index (χ1) is 16.6. The van der Waals surface area contributed by atoms with Gasteiger partial charge in [0.25, 0.3) is 0 Å². The predicted octanol–water partition coefficient (Wildman–Crippen LogP) is 2.49. The molecule has 0 aliphatic carbocycles. The third kappa shape index (κ3) is 4.60. The minimum absolute atomic E-state index is 0.0869. The number of hydrogen-bond acceptors (Lipinski definition) is 7. The van der Waals surface area contributed by atoms with Gasteiger partial charge < -0.3 is 9.42 Å². The van der Waals surface area contributed by atoms with E-state index in [9.17, 15) is 9.59 Å². The summed E-state index contributed by atoms with van der Waals surface area (Å²) in [6.07, 6.45) is 1.65. The van der Waals surface area contributed by atoms with Crippen molar-refractivity contribution in [1.29, 1.82) is 0 Å². The van der Waals surface area contributed by atoms with E-state index in [2.05, 4.69) is 20.1 Å². The highest BCUT2D eigenvalue weighted by Crippen LogP contribution is 2.20. The van der Waals surface area contributed by atoms with Gasteiger partial charge in [0.1, 0.15) is 0 Å². The normalized spacial score (nSPS) is 14.6. The number of para-hydroxylation sites is 1. The van der Waals surface area contributed by atoms with E-state index in [0.717, 1.165) is 29.7 Å². The molecule has 0 bridgehead atoms. The van der Waals surface area contributed by atoms with E-state index in [4.69, 9.17) is 4.52 Å². The standard InChI is InChI=1S/C25H26N6O3/c1-18-6-2-3-7-19(18)25-27-23(34-28-25)17-29-12-14-30(15-13-29)24(33)10-11-31-21-9-5-4-8-20(21)22(32)16-26-31/h2-9,16H,10-15,17H2,1H3. The lowest BCUT2D eigenvalue weighted by Gasteiger charge is -2.34. The van der Waals surface area contributed by atoms with Crippen LogP contribution in [0, 0.1) is 6.92 Å². The van der Waals surface area contributed by atoms with Crippen molar-refractivity contribution in [2.75, 3.05) is 26.2 Å². The summed E-state index contributed by atoms with van der Waals surface area (Å²) in [5.74, 6) is 1.27. The Morgan fingerprint density at radius 2 is 1.79 bits per heavy atom. The lowest BCUT2D eigenvalue weighted by atomic mass is 10.1. The van der Waals surface area contributed by atoms with Gasteiger partial charge in [-0.05, 0) is 24.6 Å². The molecule has 0 radical (unpaired) electrons. The number of benzene rings is 2. The Hall–Kier alpha value is -3.85. The Labute approximate surface area is 196 Å². The van der Waals surface area contributed by atoms with Gasteiger partial charge in [-0.2, -0.15) is 10.1 Å². The van der Waals surface area contributed by atoms with Crippen LogP contribution in [0.4, 0.5) is 0 Å². The maximum atomic E-state index is 12.8. The van der Waals surface area contributed by atoms with Gasteiger partial charge in [-0.25, -0.2) is 0 Å². The zero-order chi connectivity index (χ0) is 23.5. The highest BCUT2D eigenvalue weighted by Gasteiger charge is 2.23. The van der Waals surface area contributed by atoms with Crippen LogP contribution in [0.3, 0.4) is 0 Å². The number of rotatable bonds is 6. The zero-order valence-electron chi connectivity index (χ0n) is 19.1. The summed E-state index contributed by atoms with van der Waals surface area (Å²) >= 11 is 0. The second-order valence-electron chi connectivity index (χ2n) is 8.48. The molecule has 5 rings (SSSR count). The van der Waals surface area contributed by atoms with E-state index in [0.29, 0.717) is 49.7 Å². The molecule has 9 nitrogen and oxygen atoms in total. The fourth-order valence-electron chi connectivity index (χ4n) is 4.30. The molecule has 0 saturated carbocycles. The molecule has 9 heteroatoms. The minimum atomic E-state index is -0.110. The number of aryl methyl sites for hydroxylation is 2. The van der Waals surface area contributed by atoms with Crippen LogP contribution in [0.25, 0.3) is 22.3 Å². The van der Waals surface area contributed by atoms with Crippen LogP contribution in [-0.4, -0.2) is 61.8 Å². The summed E-state index contributed by atoms with van der Waals surface area (Å²) < 4.78 is 7.20. The summed E-state index contributed by atoms with van der Waals surface area (Å²) in [4.78, 5) is 33.4. The molecule has 1 fully saturated rings. The minimum Gasteiger partial charge on any atom is -0.340 e. The number of carbonyl (C=O) groups excluding carboxylic acids is 1. The summed E-state index contributed by atoms with van der Waals surface area (Å²) in [6.45, 7) is 5.81. The van der Waals surface area contributed by atoms with Crippen LogP contribution in [0.2, 0.25) is 0 Å².